The smallest absolute Gasteiger partial charge is 0.223 e. The van der Waals surface area contributed by atoms with Gasteiger partial charge in [0.1, 0.15) is 0 Å². The lowest BCUT2D eigenvalue weighted by atomic mass is 10.0. The number of rotatable bonds is 4. The van der Waals surface area contributed by atoms with Crippen LogP contribution in [0, 0.1) is 0 Å². The second-order valence-electron chi connectivity index (χ2n) is 4.99. The van der Waals surface area contributed by atoms with E-state index in [1.165, 1.54) is 6.42 Å². The highest BCUT2D eigenvalue weighted by Crippen LogP contribution is 2.13. The van der Waals surface area contributed by atoms with Gasteiger partial charge in [0.15, 0.2) is 5.78 Å². The number of benzene rings is 1. The van der Waals surface area contributed by atoms with Crippen molar-refractivity contribution in [2.75, 3.05) is 18.8 Å². The zero-order valence-corrected chi connectivity index (χ0v) is 11.1. The van der Waals surface area contributed by atoms with E-state index >= 15 is 0 Å². The number of amides is 1. The van der Waals surface area contributed by atoms with Crippen LogP contribution in [0.2, 0.25) is 0 Å². The lowest BCUT2D eigenvalue weighted by Gasteiger charge is -2.26. The van der Waals surface area contributed by atoms with E-state index in [9.17, 15) is 9.59 Å². The Labute approximate surface area is 113 Å². The molecule has 102 valence electrons. The van der Waals surface area contributed by atoms with Gasteiger partial charge in [-0.2, -0.15) is 0 Å². The van der Waals surface area contributed by atoms with Gasteiger partial charge in [0.25, 0.3) is 0 Å². The SMILES string of the molecule is Nc1cccc(C(=O)CCC(=O)N2CCCCC2)c1. The Kier molecular flexibility index (Phi) is 4.55. The van der Waals surface area contributed by atoms with Crippen LogP contribution in [-0.4, -0.2) is 29.7 Å². The van der Waals surface area contributed by atoms with E-state index in [2.05, 4.69) is 0 Å². The number of nitrogens with two attached hydrogens (primary N) is 1. The summed E-state index contributed by atoms with van der Waals surface area (Å²) in [5.74, 6) is 0.0783. The molecular weight excluding hydrogens is 240 g/mol. The summed E-state index contributed by atoms with van der Waals surface area (Å²) in [5.41, 5.74) is 6.81. The third-order valence-corrected chi connectivity index (χ3v) is 3.48. The molecule has 0 aromatic heterocycles. The summed E-state index contributed by atoms with van der Waals surface area (Å²) in [7, 11) is 0. The summed E-state index contributed by atoms with van der Waals surface area (Å²) in [6, 6.07) is 6.91. The molecule has 1 amide bonds. The minimum absolute atomic E-state index is 0.0161. The van der Waals surface area contributed by atoms with Gasteiger partial charge in [-0.25, -0.2) is 0 Å². The maximum atomic E-state index is 12.0. The zero-order valence-electron chi connectivity index (χ0n) is 11.1. The first-order chi connectivity index (χ1) is 9.16. The maximum Gasteiger partial charge on any atom is 0.223 e. The molecule has 1 fully saturated rings. The average Bonchev–Trinajstić information content (AvgIpc) is 2.45. The molecule has 1 heterocycles. The third-order valence-electron chi connectivity index (χ3n) is 3.48. The van der Waals surface area contributed by atoms with Crippen LogP contribution in [0.15, 0.2) is 24.3 Å². The summed E-state index contributed by atoms with van der Waals surface area (Å²) >= 11 is 0. The molecule has 1 saturated heterocycles. The predicted molar refractivity (Wildman–Crippen MR) is 74.8 cm³/mol. The first kappa shape index (κ1) is 13.6. The molecule has 0 aliphatic carbocycles. The number of nitrogens with zero attached hydrogens (tertiary/aromatic N) is 1. The number of piperidine rings is 1. The van der Waals surface area contributed by atoms with Crippen LogP contribution in [0.25, 0.3) is 0 Å². The van der Waals surface area contributed by atoms with Crippen LogP contribution in [0.4, 0.5) is 5.69 Å². The second kappa shape index (κ2) is 6.36. The summed E-state index contributed by atoms with van der Waals surface area (Å²) < 4.78 is 0. The van der Waals surface area contributed by atoms with Gasteiger partial charge in [-0.3, -0.25) is 9.59 Å². The quantitative estimate of drug-likeness (QED) is 0.667. The average molecular weight is 260 g/mol. The minimum atomic E-state index is -0.0161. The number of Topliss-reactive ketones (excluding diaryl/α,β-unsaturated/α-hetero) is 1. The molecule has 0 radical (unpaired) electrons. The number of carbonyl (C=O) groups is 2. The summed E-state index contributed by atoms with van der Waals surface area (Å²) in [5, 5.41) is 0. The van der Waals surface area contributed by atoms with E-state index in [0.29, 0.717) is 17.7 Å². The van der Waals surface area contributed by atoms with Crippen LogP contribution in [-0.2, 0) is 4.79 Å². The Hall–Kier alpha value is -1.84. The lowest BCUT2D eigenvalue weighted by Crippen LogP contribution is -2.35. The zero-order chi connectivity index (χ0) is 13.7. The normalized spacial score (nSPS) is 15.3. The summed E-state index contributed by atoms with van der Waals surface area (Å²) in [4.78, 5) is 25.8. The van der Waals surface area contributed by atoms with Crippen LogP contribution in [0.5, 0.6) is 0 Å². The minimum Gasteiger partial charge on any atom is -0.399 e. The fraction of sp³-hybridized carbons (Fsp3) is 0.467. The molecule has 2 N–H and O–H groups in total. The molecule has 0 spiro atoms. The Morgan fingerprint density at radius 1 is 1.11 bits per heavy atom. The highest BCUT2D eigenvalue weighted by Gasteiger charge is 2.17. The Balaban J connectivity index is 1.84. The van der Waals surface area contributed by atoms with Crippen molar-refractivity contribution in [3.63, 3.8) is 0 Å². The molecule has 1 aliphatic rings. The topological polar surface area (TPSA) is 63.4 Å². The van der Waals surface area contributed by atoms with Crippen molar-refractivity contribution in [1.82, 2.24) is 4.90 Å². The van der Waals surface area contributed by atoms with E-state index in [4.69, 9.17) is 5.73 Å². The molecule has 0 atom stereocenters. The van der Waals surface area contributed by atoms with Crippen molar-refractivity contribution >= 4 is 17.4 Å². The fourth-order valence-corrected chi connectivity index (χ4v) is 2.38. The largest absolute Gasteiger partial charge is 0.399 e. The molecule has 1 aromatic carbocycles. The van der Waals surface area contributed by atoms with Gasteiger partial charge in [0.2, 0.25) is 5.91 Å². The fourth-order valence-electron chi connectivity index (χ4n) is 2.38. The number of nitrogen functional groups attached to an aromatic ring is 1. The van der Waals surface area contributed by atoms with Crippen molar-refractivity contribution in [1.29, 1.82) is 0 Å². The van der Waals surface area contributed by atoms with Gasteiger partial charge in [0, 0.05) is 37.2 Å². The van der Waals surface area contributed by atoms with Gasteiger partial charge >= 0.3 is 0 Å². The van der Waals surface area contributed by atoms with Crippen molar-refractivity contribution in [3.05, 3.63) is 29.8 Å². The number of likely N-dealkylation sites (tertiary alicyclic amines) is 1. The van der Waals surface area contributed by atoms with E-state index in [0.717, 1.165) is 25.9 Å². The second-order valence-corrected chi connectivity index (χ2v) is 4.99. The van der Waals surface area contributed by atoms with Crippen molar-refractivity contribution in [2.24, 2.45) is 0 Å². The van der Waals surface area contributed by atoms with Gasteiger partial charge in [0.05, 0.1) is 0 Å². The molecule has 1 aromatic rings. The molecule has 4 heteroatoms. The highest BCUT2D eigenvalue weighted by atomic mass is 16.2. The number of hydrogen-bond acceptors (Lipinski definition) is 3. The molecule has 19 heavy (non-hydrogen) atoms. The monoisotopic (exact) mass is 260 g/mol. The Morgan fingerprint density at radius 3 is 2.53 bits per heavy atom. The molecule has 2 rings (SSSR count). The van der Waals surface area contributed by atoms with Crippen molar-refractivity contribution in [3.8, 4) is 0 Å². The van der Waals surface area contributed by atoms with Crippen LogP contribution < -0.4 is 5.73 Å². The van der Waals surface area contributed by atoms with Gasteiger partial charge in [-0.1, -0.05) is 12.1 Å². The first-order valence-electron chi connectivity index (χ1n) is 6.83. The molecule has 0 bridgehead atoms. The number of anilines is 1. The van der Waals surface area contributed by atoms with Gasteiger partial charge in [-0.15, -0.1) is 0 Å². The lowest BCUT2D eigenvalue weighted by molar-refractivity contribution is -0.132. The number of ketones is 1. The van der Waals surface area contributed by atoms with Crippen LogP contribution in [0.1, 0.15) is 42.5 Å². The highest BCUT2D eigenvalue weighted by molar-refractivity contribution is 5.98. The summed E-state index contributed by atoms with van der Waals surface area (Å²) in [6.45, 7) is 1.68. The maximum absolute atomic E-state index is 12.0. The van der Waals surface area contributed by atoms with Gasteiger partial charge < -0.3 is 10.6 Å². The standard InChI is InChI=1S/C15H20N2O2/c16-13-6-4-5-12(11-13)14(18)7-8-15(19)17-9-2-1-3-10-17/h4-6,11H,1-3,7-10,16H2. The van der Waals surface area contributed by atoms with E-state index < -0.39 is 0 Å². The third kappa shape index (κ3) is 3.81. The molecule has 4 nitrogen and oxygen atoms in total. The molecular formula is C15H20N2O2. The van der Waals surface area contributed by atoms with Crippen LogP contribution >= 0.6 is 0 Å². The van der Waals surface area contributed by atoms with E-state index in [1.807, 2.05) is 4.90 Å². The van der Waals surface area contributed by atoms with E-state index in [-0.39, 0.29) is 18.1 Å². The predicted octanol–water partition coefficient (Wildman–Crippen LogP) is 2.24. The number of carbonyl (C=O) groups excluding carboxylic acids is 2. The van der Waals surface area contributed by atoms with Gasteiger partial charge in [-0.05, 0) is 31.4 Å². The first-order valence-corrected chi connectivity index (χ1v) is 6.83. The number of hydrogen-bond donors (Lipinski definition) is 1. The molecule has 1 aliphatic heterocycles. The van der Waals surface area contributed by atoms with Crippen LogP contribution in [0.3, 0.4) is 0 Å². The van der Waals surface area contributed by atoms with Crippen molar-refractivity contribution < 1.29 is 9.59 Å². The Bertz CT molecular complexity index is 465. The Morgan fingerprint density at radius 2 is 1.84 bits per heavy atom. The molecule has 0 saturated carbocycles. The van der Waals surface area contributed by atoms with E-state index in [1.54, 1.807) is 24.3 Å². The molecule has 0 unspecified atom stereocenters. The van der Waals surface area contributed by atoms with Crippen molar-refractivity contribution in [2.45, 2.75) is 32.1 Å². The summed E-state index contributed by atoms with van der Waals surface area (Å²) in [6.07, 6.45) is 3.92.